The van der Waals surface area contributed by atoms with Gasteiger partial charge in [0.25, 0.3) is 0 Å². The van der Waals surface area contributed by atoms with Crippen molar-refractivity contribution in [2.75, 3.05) is 6.54 Å². The third-order valence-corrected chi connectivity index (χ3v) is 4.57. The van der Waals surface area contributed by atoms with Crippen molar-refractivity contribution in [1.29, 1.82) is 0 Å². The molecule has 1 heterocycles. The minimum atomic E-state index is -0.765. The number of rotatable bonds is 6. The van der Waals surface area contributed by atoms with Crippen molar-refractivity contribution in [3.05, 3.63) is 5.82 Å². The summed E-state index contributed by atoms with van der Waals surface area (Å²) in [7, 11) is 0. The first kappa shape index (κ1) is 14.3. The molecular formula is C12H20N4O2S. The standard InChI is InChI=1S/C12H20N4O2S/c1-3-6-13-12(10(17)18)5-4-9(7-12)19-11-14-8(2)15-16-11/h9,13H,3-7H2,1-2H3,(H,17,18)(H,14,15,16). The second-order valence-electron chi connectivity index (χ2n) is 5.00. The maximum absolute atomic E-state index is 11.5. The van der Waals surface area contributed by atoms with Crippen LogP contribution in [0.25, 0.3) is 0 Å². The zero-order valence-corrected chi connectivity index (χ0v) is 12.1. The molecule has 6 nitrogen and oxygen atoms in total. The highest BCUT2D eigenvalue weighted by atomic mass is 32.2. The molecule has 1 aliphatic rings. The molecule has 2 rings (SSSR count). The number of nitrogens with zero attached hydrogens (tertiary/aromatic N) is 2. The average molecular weight is 284 g/mol. The molecule has 0 aliphatic heterocycles. The van der Waals surface area contributed by atoms with Gasteiger partial charge in [-0.1, -0.05) is 18.7 Å². The number of carboxylic acids is 1. The zero-order chi connectivity index (χ0) is 13.9. The van der Waals surface area contributed by atoms with Crippen LogP contribution < -0.4 is 5.32 Å². The molecule has 1 saturated carbocycles. The third kappa shape index (κ3) is 3.27. The van der Waals surface area contributed by atoms with E-state index in [0.29, 0.717) is 18.0 Å². The minimum Gasteiger partial charge on any atom is -0.480 e. The van der Waals surface area contributed by atoms with Gasteiger partial charge in [0.1, 0.15) is 11.4 Å². The lowest BCUT2D eigenvalue weighted by Crippen LogP contribution is -2.50. The number of carboxylic acid groups (broad SMARTS) is 1. The van der Waals surface area contributed by atoms with E-state index < -0.39 is 11.5 Å². The van der Waals surface area contributed by atoms with Crippen molar-refractivity contribution >= 4 is 17.7 Å². The van der Waals surface area contributed by atoms with E-state index in [0.717, 1.165) is 25.2 Å². The highest BCUT2D eigenvalue weighted by Crippen LogP contribution is 2.39. The molecular weight excluding hydrogens is 264 g/mol. The van der Waals surface area contributed by atoms with E-state index in [-0.39, 0.29) is 5.25 Å². The number of hydrogen-bond donors (Lipinski definition) is 3. The van der Waals surface area contributed by atoms with Crippen LogP contribution >= 0.6 is 11.8 Å². The van der Waals surface area contributed by atoms with Gasteiger partial charge in [0.15, 0.2) is 0 Å². The number of aromatic nitrogens is 3. The van der Waals surface area contributed by atoms with E-state index in [1.165, 1.54) is 0 Å². The second-order valence-corrected chi connectivity index (χ2v) is 6.27. The monoisotopic (exact) mass is 284 g/mol. The van der Waals surface area contributed by atoms with Crippen molar-refractivity contribution < 1.29 is 9.90 Å². The SMILES string of the molecule is CCCNC1(C(=O)O)CCC(Sc2n[nH]c(C)n2)C1. The number of aromatic amines is 1. The Hall–Kier alpha value is -1.08. The highest BCUT2D eigenvalue weighted by Gasteiger charge is 2.45. The van der Waals surface area contributed by atoms with Gasteiger partial charge in [-0.25, -0.2) is 4.98 Å². The Bertz CT molecular complexity index is 451. The number of nitrogens with one attached hydrogen (secondary N) is 2. The van der Waals surface area contributed by atoms with Gasteiger partial charge in [-0.05, 0) is 39.2 Å². The first-order chi connectivity index (χ1) is 9.05. The predicted molar refractivity (Wildman–Crippen MR) is 73.3 cm³/mol. The van der Waals surface area contributed by atoms with Gasteiger partial charge >= 0.3 is 5.97 Å². The largest absolute Gasteiger partial charge is 0.480 e. The molecule has 0 saturated heterocycles. The Morgan fingerprint density at radius 2 is 2.47 bits per heavy atom. The van der Waals surface area contributed by atoms with Crippen LogP contribution in [-0.2, 0) is 4.79 Å². The first-order valence-electron chi connectivity index (χ1n) is 6.60. The van der Waals surface area contributed by atoms with E-state index in [1.54, 1.807) is 11.8 Å². The molecule has 2 unspecified atom stereocenters. The highest BCUT2D eigenvalue weighted by molar-refractivity contribution is 7.99. The summed E-state index contributed by atoms with van der Waals surface area (Å²) in [6.07, 6.45) is 3.11. The number of aryl methyl sites for hydroxylation is 1. The summed E-state index contributed by atoms with van der Waals surface area (Å²) in [5.41, 5.74) is -0.765. The molecule has 1 aromatic heterocycles. The lowest BCUT2D eigenvalue weighted by molar-refractivity contribution is -0.144. The van der Waals surface area contributed by atoms with Crippen LogP contribution in [0.15, 0.2) is 5.16 Å². The van der Waals surface area contributed by atoms with E-state index in [4.69, 9.17) is 0 Å². The van der Waals surface area contributed by atoms with Gasteiger partial charge in [0.05, 0.1) is 0 Å². The topological polar surface area (TPSA) is 90.9 Å². The summed E-state index contributed by atoms with van der Waals surface area (Å²) in [5.74, 6) is 0.0457. The predicted octanol–water partition coefficient (Wildman–Crippen LogP) is 1.58. The molecule has 1 aliphatic carbocycles. The van der Waals surface area contributed by atoms with E-state index in [2.05, 4.69) is 20.5 Å². The quantitative estimate of drug-likeness (QED) is 0.734. The van der Waals surface area contributed by atoms with Crippen molar-refractivity contribution in [3.8, 4) is 0 Å². The summed E-state index contributed by atoms with van der Waals surface area (Å²) >= 11 is 1.57. The molecule has 2 atom stereocenters. The summed E-state index contributed by atoms with van der Waals surface area (Å²) in [4.78, 5) is 15.8. The summed E-state index contributed by atoms with van der Waals surface area (Å²) in [6.45, 7) is 4.64. The van der Waals surface area contributed by atoms with Gasteiger partial charge < -0.3 is 10.4 Å². The number of aliphatic carboxylic acids is 1. The van der Waals surface area contributed by atoms with Gasteiger partial charge in [-0.3, -0.25) is 9.89 Å². The van der Waals surface area contributed by atoms with E-state index >= 15 is 0 Å². The molecule has 0 aromatic carbocycles. The van der Waals surface area contributed by atoms with Crippen LogP contribution in [0.2, 0.25) is 0 Å². The van der Waals surface area contributed by atoms with E-state index in [1.807, 2.05) is 13.8 Å². The van der Waals surface area contributed by atoms with Crippen molar-refractivity contribution in [3.63, 3.8) is 0 Å². The fraction of sp³-hybridized carbons (Fsp3) is 0.750. The second kappa shape index (κ2) is 5.92. The maximum atomic E-state index is 11.5. The van der Waals surface area contributed by atoms with Crippen LogP contribution in [0.5, 0.6) is 0 Å². The smallest absolute Gasteiger partial charge is 0.323 e. The Labute approximate surface area is 116 Å². The summed E-state index contributed by atoms with van der Waals surface area (Å²) in [5, 5.41) is 20.5. The molecule has 7 heteroatoms. The molecule has 19 heavy (non-hydrogen) atoms. The van der Waals surface area contributed by atoms with Crippen LogP contribution in [0.4, 0.5) is 0 Å². The van der Waals surface area contributed by atoms with E-state index in [9.17, 15) is 9.90 Å². The Morgan fingerprint density at radius 1 is 1.68 bits per heavy atom. The summed E-state index contributed by atoms with van der Waals surface area (Å²) in [6, 6.07) is 0. The number of carbonyl (C=O) groups is 1. The number of thioether (sulfide) groups is 1. The minimum absolute atomic E-state index is 0.260. The molecule has 106 valence electrons. The fourth-order valence-corrected chi connectivity index (χ4v) is 3.61. The lowest BCUT2D eigenvalue weighted by Gasteiger charge is -2.25. The zero-order valence-electron chi connectivity index (χ0n) is 11.3. The molecule has 0 bridgehead atoms. The molecule has 1 fully saturated rings. The maximum Gasteiger partial charge on any atom is 0.323 e. The van der Waals surface area contributed by atoms with Crippen LogP contribution in [0, 0.1) is 6.92 Å². The molecule has 0 radical (unpaired) electrons. The van der Waals surface area contributed by atoms with Crippen molar-refractivity contribution in [1.82, 2.24) is 20.5 Å². The van der Waals surface area contributed by atoms with Crippen molar-refractivity contribution in [2.24, 2.45) is 0 Å². The molecule has 3 N–H and O–H groups in total. The average Bonchev–Trinajstić information content (AvgIpc) is 2.95. The summed E-state index contributed by atoms with van der Waals surface area (Å²) < 4.78 is 0. The first-order valence-corrected chi connectivity index (χ1v) is 7.48. The Morgan fingerprint density at radius 3 is 3.05 bits per heavy atom. The lowest BCUT2D eigenvalue weighted by atomic mass is 9.98. The Balaban J connectivity index is 1.98. The van der Waals surface area contributed by atoms with Crippen LogP contribution in [0.3, 0.4) is 0 Å². The molecule has 0 amide bonds. The number of H-pyrrole nitrogens is 1. The normalized spacial score (nSPS) is 26.7. The Kier molecular flexibility index (Phi) is 4.46. The fourth-order valence-electron chi connectivity index (χ4n) is 2.42. The van der Waals surface area contributed by atoms with Gasteiger partial charge in [-0.15, -0.1) is 5.10 Å². The van der Waals surface area contributed by atoms with Crippen molar-refractivity contribution in [2.45, 2.75) is 55.5 Å². The van der Waals surface area contributed by atoms with Gasteiger partial charge in [0, 0.05) is 5.25 Å². The molecule has 1 aromatic rings. The third-order valence-electron chi connectivity index (χ3n) is 3.44. The number of hydrogen-bond acceptors (Lipinski definition) is 5. The van der Waals surface area contributed by atoms with Crippen LogP contribution in [-0.4, -0.2) is 43.6 Å². The van der Waals surface area contributed by atoms with Gasteiger partial charge in [-0.2, -0.15) is 0 Å². The van der Waals surface area contributed by atoms with Crippen LogP contribution in [0.1, 0.15) is 38.4 Å². The van der Waals surface area contributed by atoms with Gasteiger partial charge in [0.2, 0.25) is 5.16 Å². The molecule has 0 spiro atoms.